The molecule has 1 unspecified atom stereocenters. The Kier molecular flexibility index (Phi) is 5.43. The van der Waals surface area contributed by atoms with E-state index in [2.05, 4.69) is 26.7 Å². The van der Waals surface area contributed by atoms with E-state index in [-0.39, 0.29) is 22.9 Å². The highest BCUT2D eigenvalue weighted by Crippen LogP contribution is 2.28. The number of aryl methyl sites for hydroxylation is 1. The summed E-state index contributed by atoms with van der Waals surface area (Å²) in [5, 5.41) is 2.51. The van der Waals surface area contributed by atoms with E-state index < -0.39 is 18.1 Å². The van der Waals surface area contributed by atoms with Crippen LogP contribution in [0.5, 0.6) is 0 Å². The molecule has 1 aliphatic heterocycles. The first kappa shape index (κ1) is 19.3. The molecule has 6 nitrogen and oxygen atoms in total. The van der Waals surface area contributed by atoms with Crippen molar-refractivity contribution in [1.29, 1.82) is 0 Å². The van der Waals surface area contributed by atoms with E-state index in [4.69, 9.17) is 0 Å². The molecule has 0 saturated carbocycles. The van der Waals surface area contributed by atoms with Crippen molar-refractivity contribution in [3.63, 3.8) is 0 Å². The summed E-state index contributed by atoms with van der Waals surface area (Å²) in [5.74, 6) is -1.13. The lowest BCUT2D eigenvalue weighted by molar-refractivity contribution is -0.144. The Morgan fingerprint density at radius 2 is 1.92 bits per heavy atom. The molecule has 2 rings (SSSR count). The Morgan fingerprint density at radius 3 is 2.44 bits per heavy atom. The van der Waals surface area contributed by atoms with Gasteiger partial charge in [0.1, 0.15) is 11.7 Å². The molecule has 0 aromatic heterocycles. The summed E-state index contributed by atoms with van der Waals surface area (Å²) in [6.45, 7) is 1.68. The van der Waals surface area contributed by atoms with E-state index in [1.165, 1.54) is 11.0 Å². The highest BCUT2D eigenvalue weighted by Gasteiger charge is 2.41. The molecular formula is C15H16BrF3N4O2. The predicted molar refractivity (Wildman–Crippen MR) is 89.7 cm³/mol. The highest BCUT2D eigenvalue weighted by molar-refractivity contribution is 9.10. The van der Waals surface area contributed by atoms with Gasteiger partial charge in [-0.15, -0.1) is 0 Å². The Morgan fingerprint density at radius 1 is 1.28 bits per heavy atom. The fourth-order valence-corrected chi connectivity index (χ4v) is 2.79. The van der Waals surface area contributed by atoms with Gasteiger partial charge in [0, 0.05) is 18.6 Å². The van der Waals surface area contributed by atoms with E-state index >= 15 is 0 Å². The van der Waals surface area contributed by atoms with Crippen molar-refractivity contribution in [1.82, 2.24) is 15.8 Å². The molecule has 0 spiro atoms. The van der Waals surface area contributed by atoms with E-state index in [0.717, 1.165) is 6.08 Å². The highest BCUT2D eigenvalue weighted by atomic mass is 79.9. The molecule has 1 aromatic rings. The molecule has 2 amide bonds. The number of alkyl halides is 3. The predicted octanol–water partition coefficient (Wildman–Crippen LogP) is 2.32. The normalized spacial score (nSPS) is 16.9. The molecule has 0 radical (unpaired) electrons. The van der Waals surface area contributed by atoms with E-state index in [1.54, 1.807) is 27.1 Å². The molecule has 0 bridgehead atoms. The summed E-state index contributed by atoms with van der Waals surface area (Å²) in [6.07, 6.45) is -3.77. The van der Waals surface area contributed by atoms with Crippen LogP contribution in [0, 0.1) is 6.92 Å². The third kappa shape index (κ3) is 4.31. The molecule has 1 aliphatic rings. The maximum absolute atomic E-state index is 12.7. The first-order valence-electron chi connectivity index (χ1n) is 7.14. The van der Waals surface area contributed by atoms with Crippen molar-refractivity contribution in [2.75, 3.05) is 19.4 Å². The summed E-state index contributed by atoms with van der Waals surface area (Å²) in [5.41, 5.74) is 4.98. The number of nitrogens with one attached hydrogen (secondary N) is 3. The number of carbonyl (C=O) groups is 2. The minimum Gasteiger partial charge on any atom is -0.345 e. The van der Waals surface area contributed by atoms with Crippen molar-refractivity contribution < 1.29 is 22.8 Å². The van der Waals surface area contributed by atoms with Crippen LogP contribution in [0.2, 0.25) is 0 Å². The molecule has 3 N–H and O–H groups in total. The van der Waals surface area contributed by atoms with Gasteiger partial charge in [0.15, 0.2) is 0 Å². The van der Waals surface area contributed by atoms with Crippen LogP contribution < -0.4 is 16.2 Å². The molecule has 1 heterocycles. The zero-order chi connectivity index (χ0) is 18.9. The standard InChI is InChI=1S/C15H16BrF3N4O2/c1-7-4-8(16)5-9(14(25)23(2)3)12(7)20-13(24)10-6-11(22-21-10)15(17,18)19/h4-6,11,21-22H,1-3H3,(H,20,24). The number of hydrogen-bond donors (Lipinski definition) is 3. The van der Waals surface area contributed by atoms with Gasteiger partial charge in [0.05, 0.1) is 11.3 Å². The summed E-state index contributed by atoms with van der Waals surface area (Å²) in [7, 11) is 3.12. The van der Waals surface area contributed by atoms with Gasteiger partial charge in [0.2, 0.25) is 0 Å². The minimum atomic E-state index is -4.52. The van der Waals surface area contributed by atoms with Crippen LogP contribution in [0.25, 0.3) is 0 Å². The average Bonchev–Trinajstić information content (AvgIpc) is 2.98. The van der Waals surface area contributed by atoms with Crippen molar-refractivity contribution >= 4 is 33.4 Å². The third-order valence-corrected chi connectivity index (χ3v) is 3.93. The number of benzene rings is 1. The summed E-state index contributed by atoms with van der Waals surface area (Å²) >= 11 is 3.28. The maximum atomic E-state index is 12.7. The van der Waals surface area contributed by atoms with Gasteiger partial charge in [-0.25, -0.2) is 5.43 Å². The van der Waals surface area contributed by atoms with Gasteiger partial charge in [-0.3, -0.25) is 9.59 Å². The van der Waals surface area contributed by atoms with Gasteiger partial charge in [0.25, 0.3) is 11.8 Å². The first-order valence-corrected chi connectivity index (χ1v) is 7.93. The quantitative estimate of drug-likeness (QED) is 0.701. The number of anilines is 1. The number of rotatable bonds is 3. The molecule has 10 heteroatoms. The SMILES string of the molecule is Cc1cc(Br)cc(C(=O)N(C)C)c1NC(=O)C1=CC(C(F)(F)F)NN1. The van der Waals surface area contributed by atoms with E-state index in [0.29, 0.717) is 10.0 Å². The molecular weight excluding hydrogens is 405 g/mol. The molecule has 0 saturated heterocycles. The van der Waals surface area contributed by atoms with Crippen molar-refractivity contribution in [2.45, 2.75) is 19.1 Å². The topological polar surface area (TPSA) is 73.5 Å². The van der Waals surface area contributed by atoms with Crippen LogP contribution >= 0.6 is 15.9 Å². The van der Waals surface area contributed by atoms with Crippen LogP contribution in [0.3, 0.4) is 0 Å². The number of carbonyl (C=O) groups excluding carboxylic acids is 2. The number of amides is 2. The van der Waals surface area contributed by atoms with Gasteiger partial charge in [-0.05, 0) is 30.7 Å². The Bertz CT molecular complexity index is 747. The van der Waals surface area contributed by atoms with Crippen molar-refractivity contribution in [3.8, 4) is 0 Å². The largest absolute Gasteiger partial charge is 0.409 e. The fraction of sp³-hybridized carbons (Fsp3) is 0.333. The van der Waals surface area contributed by atoms with Gasteiger partial charge in [-0.2, -0.15) is 13.2 Å². The molecule has 0 aliphatic carbocycles. The Balaban J connectivity index is 2.31. The first-order chi connectivity index (χ1) is 11.5. The lowest BCUT2D eigenvalue weighted by atomic mass is 10.1. The summed E-state index contributed by atoms with van der Waals surface area (Å²) < 4.78 is 38.6. The van der Waals surface area contributed by atoms with Crippen molar-refractivity contribution in [3.05, 3.63) is 39.5 Å². The molecule has 136 valence electrons. The van der Waals surface area contributed by atoms with Crippen LogP contribution in [0.4, 0.5) is 18.9 Å². The Labute approximate surface area is 150 Å². The van der Waals surface area contributed by atoms with Gasteiger partial charge < -0.3 is 15.6 Å². The van der Waals surface area contributed by atoms with Gasteiger partial charge >= 0.3 is 6.18 Å². The van der Waals surface area contributed by atoms with Gasteiger partial charge in [-0.1, -0.05) is 15.9 Å². The molecule has 1 atom stereocenters. The summed E-state index contributed by atoms with van der Waals surface area (Å²) in [4.78, 5) is 25.9. The van der Waals surface area contributed by atoms with Crippen LogP contribution in [-0.2, 0) is 4.79 Å². The second-order valence-corrected chi connectivity index (χ2v) is 6.58. The minimum absolute atomic E-state index is 0.226. The fourth-order valence-electron chi connectivity index (χ4n) is 2.21. The second kappa shape index (κ2) is 7.04. The van der Waals surface area contributed by atoms with E-state index in [9.17, 15) is 22.8 Å². The molecule has 1 aromatic carbocycles. The number of hydrogen-bond acceptors (Lipinski definition) is 4. The lowest BCUT2D eigenvalue weighted by Gasteiger charge is -2.17. The second-order valence-electron chi connectivity index (χ2n) is 5.67. The summed E-state index contributed by atoms with van der Waals surface area (Å²) in [6, 6.07) is 1.27. The average molecular weight is 421 g/mol. The number of nitrogens with zero attached hydrogens (tertiary/aromatic N) is 1. The van der Waals surface area contributed by atoms with Crippen LogP contribution in [0.1, 0.15) is 15.9 Å². The monoisotopic (exact) mass is 420 g/mol. The number of halogens is 4. The Hall–Kier alpha value is -2.07. The lowest BCUT2D eigenvalue weighted by Crippen LogP contribution is -2.42. The van der Waals surface area contributed by atoms with Crippen LogP contribution in [0.15, 0.2) is 28.4 Å². The zero-order valence-electron chi connectivity index (χ0n) is 13.6. The van der Waals surface area contributed by atoms with Crippen molar-refractivity contribution in [2.24, 2.45) is 0 Å². The molecule has 25 heavy (non-hydrogen) atoms. The zero-order valence-corrected chi connectivity index (χ0v) is 15.2. The van der Waals surface area contributed by atoms with Crippen LogP contribution in [-0.4, -0.2) is 43.0 Å². The smallest absolute Gasteiger partial charge is 0.345 e. The van der Waals surface area contributed by atoms with E-state index in [1.807, 2.05) is 5.43 Å². The molecule has 0 fully saturated rings. The number of hydrazine groups is 1. The maximum Gasteiger partial charge on any atom is 0.409 e. The third-order valence-electron chi connectivity index (χ3n) is 3.47.